The van der Waals surface area contributed by atoms with Gasteiger partial charge in [0.1, 0.15) is 0 Å². The van der Waals surface area contributed by atoms with Gasteiger partial charge in [-0.25, -0.2) is 4.68 Å². The summed E-state index contributed by atoms with van der Waals surface area (Å²) < 4.78 is 1.44. The van der Waals surface area contributed by atoms with Gasteiger partial charge >= 0.3 is 0 Å². The van der Waals surface area contributed by atoms with E-state index in [4.69, 9.17) is 34.8 Å². The number of unbranched alkanes of at least 4 members (excludes halogenated alkanes) is 1. The Labute approximate surface area is 132 Å². The van der Waals surface area contributed by atoms with Crippen LogP contribution >= 0.6 is 34.8 Å². The molecule has 0 atom stereocenters. The summed E-state index contributed by atoms with van der Waals surface area (Å²) >= 11 is 17.6. The van der Waals surface area contributed by atoms with E-state index in [1.165, 1.54) is 4.68 Å². The largest absolute Gasteiger partial charge is 0.274 e. The van der Waals surface area contributed by atoms with Crippen molar-refractivity contribution in [1.29, 1.82) is 0 Å². The summed E-state index contributed by atoms with van der Waals surface area (Å²) in [7, 11) is 0. The van der Waals surface area contributed by atoms with Crippen molar-refractivity contribution in [2.45, 2.75) is 19.4 Å². The molecule has 0 aliphatic carbocycles. The number of hydrogen-bond donors (Lipinski definition) is 0. The average Bonchev–Trinajstić information content (AvgIpc) is 2.40. The van der Waals surface area contributed by atoms with Gasteiger partial charge in [-0.2, -0.15) is 5.10 Å². The topological polar surface area (TPSA) is 34.9 Å². The zero-order valence-electron chi connectivity index (χ0n) is 10.7. The number of hydrogen-bond acceptors (Lipinski definition) is 2. The quantitative estimate of drug-likeness (QED) is 0.607. The Morgan fingerprint density at radius 1 is 1.10 bits per heavy atom. The Hall–Kier alpha value is -1.03. The van der Waals surface area contributed by atoms with E-state index in [1.807, 2.05) is 0 Å². The molecule has 2 rings (SSSR count). The van der Waals surface area contributed by atoms with Gasteiger partial charge in [0.15, 0.2) is 0 Å². The molecule has 2 aromatic rings. The molecule has 0 radical (unpaired) electrons. The summed E-state index contributed by atoms with van der Waals surface area (Å²) in [5, 5.41) is 5.07. The van der Waals surface area contributed by atoms with E-state index in [2.05, 4.69) is 5.10 Å². The molecule has 0 bridgehead atoms. The lowest BCUT2D eigenvalue weighted by Crippen LogP contribution is -2.24. The van der Waals surface area contributed by atoms with Crippen molar-refractivity contribution in [2.75, 3.05) is 5.88 Å². The number of halogens is 3. The van der Waals surface area contributed by atoms with Crippen molar-refractivity contribution in [2.24, 2.45) is 0 Å². The van der Waals surface area contributed by atoms with Crippen LogP contribution in [0.3, 0.4) is 0 Å². The Morgan fingerprint density at radius 3 is 2.45 bits per heavy atom. The lowest BCUT2D eigenvalue weighted by molar-refractivity contribution is 0.545. The molecule has 1 aromatic heterocycles. The third kappa shape index (κ3) is 3.75. The molecule has 6 heteroatoms. The maximum atomic E-state index is 12.4. The first-order chi connectivity index (χ1) is 9.61. The van der Waals surface area contributed by atoms with Crippen molar-refractivity contribution in [1.82, 2.24) is 9.78 Å². The van der Waals surface area contributed by atoms with Gasteiger partial charge in [0.25, 0.3) is 5.56 Å². The molecule has 0 aliphatic rings. The van der Waals surface area contributed by atoms with Crippen molar-refractivity contribution in [3.63, 3.8) is 0 Å². The first kappa shape index (κ1) is 15.4. The number of nitrogens with zero attached hydrogens (tertiary/aromatic N) is 2. The van der Waals surface area contributed by atoms with Gasteiger partial charge in [-0.15, -0.1) is 11.6 Å². The molecular weight excluding hydrogens is 319 g/mol. The van der Waals surface area contributed by atoms with Crippen LogP contribution in [0.25, 0.3) is 11.1 Å². The SMILES string of the molecule is O=c1c(-c2cc(Cl)cc(Cl)c2)ccnn1CCCCCl. The predicted molar refractivity (Wildman–Crippen MR) is 83.9 cm³/mol. The van der Waals surface area contributed by atoms with Crippen LogP contribution < -0.4 is 5.56 Å². The summed E-state index contributed by atoms with van der Waals surface area (Å²) in [6, 6.07) is 6.73. The van der Waals surface area contributed by atoms with Crippen LogP contribution in [0.2, 0.25) is 10.0 Å². The highest BCUT2D eigenvalue weighted by Gasteiger charge is 2.08. The Morgan fingerprint density at radius 2 is 1.80 bits per heavy atom. The molecule has 0 saturated heterocycles. The van der Waals surface area contributed by atoms with Crippen molar-refractivity contribution < 1.29 is 0 Å². The first-order valence-electron chi connectivity index (χ1n) is 6.20. The maximum Gasteiger partial charge on any atom is 0.274 e. The molecule has 0 fully saturated rings. The first-order valence-corrected chi connectivity index (χ1v) is 7.49. The molecule has 0 N–H and O–H groups in total. The molecule has 1 heterocycles. The van der Waals surface area contributed by atoms with E-state index in [0.717, 1.165) is 12.8 Å². The van der Waals surface area contributed by atoms with Gasteiger partial charge in [0.2, 0.25) is 0 Å². The fourth-order valence-electron chi connectivity index (χ4n) is 1.90. The minimum Gasteiger partial charge on any atom is -0.267 e. The molecule has 106 valence electrons. The van der Waals surface area contributed by atoms with E-state index in [-0.39, 0.29) is 5.56 Å². The van der Waals surface area contributed by atoms with Gasteiger partial charge in [-0.1, -0.05) is 23.2 Å². The number of benzene rings is 1. The van der Waals surface area contributed by atoms with Crippen LogP contribution in [0.4, 0.5) is 0 Å². The van der Waals surface area contributed by atoms with Gasteiger partial charge in [-0.3, -0.25) is 4.79 Å². The Kier molecular flexibility index (Phi) is 5.46. The highest BCUT2D eigenvalue weighted by atomic mass is 35.5. The lowest BCUT2D eigenvalue weighted by atomic mass is 10.1. The monoisotopic (exact) mass is 330 g/mol. The highest BCUT2D eigenvalue weighted by Crippen LogP contribution is 2.25. The molecular formula is C14H13Cl3N2O. The lowest BCUT2D eigenvalue weighted by Gasteiger charge is -2.07. The zero-order valence-corrected chi connectivity index (χ0v) is 12.9. The Balaban J connectivity index is 2.37. The Bertz CT molecular complexity index is 635. The molecule has 0 aliphatic heterocycles. The fraction of sp³-hybridized carbons (Fsp3) is 0.286. The fourth-order valence-corrected chi connectivity index (χ4v) is 2.61. The second kappa shape index (κ2) is 7.11. The van der Waals surface area contributed by atoms with Gasteiger partial charge in [-0.05, 0) is 42.7 Å². The summed E-state index contributed by atoms with van der Waals surface area (Å²) in [6.07, 6.45) is 3.27. The summed E-state index contributed by atoms with van der Waals surface area (Å²) in [5.74, 6) is 0.582. The van der Waals surface area contributed by atoms with Crippen LogP contribution in [0.5, 0.6) is 0 Å². The average molecular weight is 332 g/mol. The highest BCUT2D eigenvalue weighted by molar-refractivity contribution is 6.35. The van der Waals surface area contributed by atoms with Crippen molar-refractivity contribution in [3.05, 3.63) is 50.9 Å². The van der Waals surface area contributed by atoms with E-state index in [0.29, 0.717) is 33.6 Å². The van der Waals surface area contributed by atoms with E-state index < -0.39 is 0 Å². The third-order valence-corrected chi connectivity index (χ3v) is 3.54. The normalized spacial score (nSPS) is 10.8. The smallest absolute Gasteiger partial charge is 0.267 e. The molecule has 0 spiro atoms. The second-order valence-corrected chi connectivity index (χ2v) is 5.58. The van der Waals surface area contributed by atoms with E-state index in [1.54, 1.807) is 30.5 Å². The van der Waals surface area contributed by atoms with Crippen LogP contribution in [0.1, 0.15) is 12.8 Å². The van der Waals surface area contributed by atoms with Crippen LogP contribution in [-0.4, -0.2) is 15.7 Å². The molecule has 0 amide bonds. The summed E-state index contributed by atoms with van der Waals surface area (Å²) in [5.41, 5.74) is 1.08. The number of aryl methyl sites for hydroxylation is 1. The molecule has 20 heavy (non-hydrogen) atoms. The zero-order chi connectivity index (χ0) is 14.5. The maximum absolute atomic E-state index is 12.4. The van der Waals surface area contributed by atoms with Gasteiger partial charge < -0.3 is 0 Å². The molecule has 3 nitrogen and oxygen atoms in total. The van der Waals surface area contributed by atoms with Crippen LogP contribution in [-0.2, 0) is 6.54 Å². The van der Waals surface area contributed by atoms with Crippen molar-refractivity contribution >= 4 is 34.8 Å². The third-order valence-electron chi connectivity index (χ3n) is 2.84. The standard InChI is InChI=1S/C14H13Cl3N2O/c15-4-1-2-6-19-14(20)13(3-5-18-19)10-7-11(16)9-12(17)8-10/h3,5,7-9H,1-2,4,6H2. The predicted octanol–water partition coefficient (Wildman–Crippen LogP) is 4.24. The molecule has 0 unspecified atom stereocenters. The van der Waals surface area contributed by atoms with Gasteiger partial charge in [0.05, 0.1) is 5.56 Å². The second-order valence-electron chi connectivity index (χ2n) is 4.33. The number of alkyl halides is 1. The van der Waals surface area contributed by atoms with Crippen LogP contribution in [0.15, 0.2) is 35.3 Å². The summed E-state index contributed by atoms with van der Waals surface area (Å²) in [6.45, 7) is 0.549. The summed E-state index contributed by atoms with van der Waals surface area (Å²) in [4.78, 5) is 12.4. The van der Waals surface area contributed by atoms with Gasteiger partial charge in [0, 0.05) is 28.7 Å². The van der Waals surface area contributed by atoms with E-state index in [9.17, 15) is 4.79 Å². The number of rotatable bonds is 5. The van der Waals surface area contributed by atoms with E-state index >= 15 is 0 Å². The number of aromatic nitrogens is 2. The minimum atomic E-state index is -0.152. The van der Waals surface area contributed by atoms with Crippen molar-refractivity contribution in [3.8, 4) is 11.1 Å². The minimum absolute atomic E-state index is 0.152. The molecule has 1 aromatic carbocycles. The molecule has 0 saturated carbocycles. The van der Waals surface area contributed by atoms with Crippen LogP contribution in [0, 0.1) is 0 Å².